The van der Waals surface area contributed by atoms with E-state index in [1.807, 2.05) is 31.2 Å². The summed E-state index contributed by atoms with van der Waals surface area (Å²) in [7, 11) is 0. The highest BCUT2D eigenvalue weighted by molar-refractivity contribution is 7.22. The van der Waals surface area contributed by atoms with E-state index in [0.717, 1.165) is 82.2 Å². The summed E-state index contributed by atoms with van der Waals surface area (Å²) in [5, 5.41) is 8.20. The van der Waals surface area contributed by atoms with Crippen LogP contribution >= 0.6 is 22.9 Å². The summed E-state index contributed by atoms with van der Waals surface area (Å²) >= 11 is 7.96. The number of benzene rings is 3. The Labute approximate surface area is 272 Å². The van der Waals surface area contributed by atoms with Gasteiger partial charge in [0.1, 0.15) is 5.01 Å². The van der Waals surface area contributed by atoms with Gasteiger partial charge in [0.15, 0.2) is 0 Å². The number of fused-ring (bicyclic) bond motifs is 2. The molecule has 2 saturated heterocycles. The second-order valence-corrected chi connectivity index (χ2v) is 14.1. The number of aryl methyl sites for hydroxylation is 1. The molecule has 0 amide bonds. The first kappa shape index (κ1) is 29.1. The third-order valence-electron chi connectivity index (χ3n) is 9.70. The van der Waals surface area contributed by atoms with Crippen molar-refractivity contribution in [2.75, 3.05) is 32.9 Å². The van der Waals surface area contributed by atoms with Crippen LogP contribution < -0.4 is 0 Å². The van der Waals surface area contributed by atoms with Gasteiger partial charge in [-0.2, -0.15) is 5.10 Å². The highest BCUT2D eigenvalue weighted by Gasteiger charge is 2.34. The summed E-state index contributed by atoms with van der Waals surface area (Å²) < 4.78 is 14.2. The molecule has 8 rings (SSSR count). The Morgan fingerprint density at radius 1 is 1.02 bits per heavy atom. The lowest BCUT2D eigenvalue weighted by Crippen LogP contribution is -2.51. The summed E-state index contributed by atoms with van der Waals surface area (Å²) in [6.07, 6.45) is 4.88. The summed E-state index contributed by atoms with van der Waals surface area (Å²) in [5.74, 6) is 0.234. The predicted octanol–water partition coefficient (Wildman–Crippen LogP) is 7.96. The van der Waals surface area contributed by atoms with Crippen molar-refractivity contribution in [2.45, 2.75) is 64.0 Å². The third-order valence-corrected chi connectivity index (χ3v) is 11.1. The lowest BCUT2D eigenvalue weighted by Gasteiger charge is -2.41. The van der Waals surface area contributed by atoms with Gasteiger partial charge < -0.3 is 9.47 Å². The van der Waals surface area contributed by atoms with Crippen molar-refractivity contribution in [3.05, 3.63) is 70.4 Å². The molecule has 2 aromatic heterocycles. The van der Waals surface area contributed by atoms with Gasteiger partial charge in [-0.1, -0.05) is 23.7 Å². The molecule has 3 aliphatic rings. The standard InChI is InChI=1S/C36H37ClN4O3S/c1-3-44-32(42)18-28-21(2)16-30-35(33(28)22-4-7-25(37)8-5-22)45-36(38-30)24-6-11-31-29(17-24)34(39-41(31)26-9-10-26)23-12-14-40(15-13-23)27-19-43-20-27/h4-8,11,16-17,23,26-27H,3,9-10,12-15,18-20H2,1-2H3. The Morgan fingerprint density at radius 2 is 1.78 bits per heavy atom. The lowest BCUT2D eigenvalue weighted by atomic mass is 9.90. The molecule has 45 heavy (non-hydrogen) atoms. The molecule has 3 aromatic carbocycles. The van der Waals surface area contributed by atoms with Gasteiger partial charge in [0.2, 0.25) is 0 Å². The van der Waals surface area contributed by atoms with Gasteiger partial charge in [-0.3, -0.25) is 14.4 Å². The van der Waals surface area contributed by atoms with Crippen LogP contribution in [0.15, 0.2) is 48.5 Å². The topological polar surface area (TPSA) is 69.5 Å². The van der Waals surface area contributed by atoms with Gasteiger partial charge in [0, 0.05) is 27.5 Å². The molecule has 0 N–H and O–H groups in total. The molecule has 0 bridgehead atoms. The van der Waals surface area contributed by atoms with Gasteiger partial charge >= 0.3 is 5.97 Å². The zero-order chi connectivity index (χ0) is 30.7. The monoisotopic (exact) mass is 640 g/mol. The minimum absolute atomic E-state index is 0.211. The fraction of sp³-hybridized carbons (Fsp3) is 0.417. The number of esters is 1. The van der Waals surface area contributed by atoms with Crippen LogP contribution in [0, 0.1) is 6.92 Å². The molecule has 0 radical (unpaired) electrons. The molecule has 0 unspecified atom stereocenters. The molecule has 0 atom stereocenters. The van der Waals surface area contributed by atoms with E-state index in [-0.39, 0.29) is 12.4 Å². The number of rotatable bonds is 8. The fourth-order valence-electron chi connectivity index (χ4n) is 7.03. The van der Waals surface area contributed by atoms with Crippen molar-refractivity contribution in [1.29, 1.82) is 0 Å². The fourth-order valence-corrected chi connectivity index (χ4v) is 8.29. The third kappa shape index (κ3) is 5.46. The summed E-state index contributed by atoms with van der Waals surface area (Å²) in [6.45, 7) is 8.22. The van der Waals surface area contributed by atoms with Crippen molar-refractivity contribution in [2.24, 2.45) is 0 Å². The van der Waals surface area contributed by atoms with Gasteiger partial charge in [-0.15, -0.1) is 11.3 Å². The van der Waals surface area contributed by atoms with E-state index in [4.69, 9.17) is 31.2 Å². The number of nitrogens with zero attached hydrogens (tertiary/aromatic N) is 4. The number of hydrogen-bond acceptors (Lipinski definition) is 7. The summed E-state index contributed by atoms with van der Waals surface area (Å²) in [4.78, 5) is 20.5. The largest absolute Gasteiger partial charge is 0.466 e. The lowest BCUT2D eigenvalue weighted by molar-refractivity contribution is -0.142. The number of aromatic nitrogens is 3. The summed E-state index contributed by atoms with van der Waals surface area (Å²) in [5.41, 5.74) is 8.58. The number of likely N-dealkylation sites (tertiary alicyclic amines) is 1. The van der Waals surface area contributed by atoms with Crippen LogP contribution in [-0.4, -0.2) is 64.6 Å². The van der Waals surface area contributed by atoms with E-state index in [1.54, 1.807) is 11.3 Å². The SMILES string of the molecule is CCOC(=O)Cc1c(C)cc2nc(-c3ccc4c(c3)c(C3CCN(C5COC5)CC3)nn4C3CC3)sc2c1-c1ccc(Cl)cc1. The van der Waals surface area contributed by atoms with Crippen molar-refractivity contribution >= 4 is 50.0 Å². The normalized spacial score (nSPS) is 18.1. The Kier molecular flexibility index (Phi) is 7.64. The van der Waals surface area contributed by atoms with E-state index in [9.17, 15) is 4.79 Å². The first-order valence-corrected chi connectivity index (χ1v) is 17.3. The number of piperidine rings is 1. The molecular formula is C36H37ClN4O3S. The van der Waals surface area contributed by atoms with Crippen molar-refractivity contribution in [3.63, 3.8) is 0 Å². The smallest absolute Gasteiger partial charge is 0.310 e. The minimum atomic E-state index is -0.225. The Balaban J connectivity index is 1.21. The maximum Gasteiger partial charge on any atom is 0.310 e. The molecule has 1 saturated carbocycles. The van der Waals surface area contributed by atoms with E-state index in [0.29, 0.717) is 29.6 Å². The Morgan fingerprint density at radius 3 is 2.47 bits per heavy atom. The van der Waals surface area contributed by atoms with Crippen LogP contribution in [0.1, 0.15) is 61.4 Å². The number of carbonyl (C=O) groups excluding carboxylic acids is 1. The van der Waals surface area contributed by atoms with Crippen LogP contribution in [0.2, 0.25) is 5.02 Å². The minimum Gasteiger partial charge on any atom is -0.466 e. The molecule has 3 fully saturated rings. The number of hydrogen-bond donors (Lipinski definition) is 0. The summed E-state index contributed by atoms with van der Waals surface area (Å²) in [6, 6.07) is 17.9. The molecule has 1 aliphatic carbocycles. The van der Waals surface area contributed by atoms with Crippen LogP contribution in [0.3, 0.4) is 0 Å². The van der Waals surface area contributed by atoms with E-state index in [1.165, 1.54) is 29.4 Å². The number of carbonyl (C=O) groups is 1. The number of ether oxygens (including phenoxy) is 2. The molecule has 5 aromatic rings. The van der Waals surface area contributed by atoms with Gasteiger partial charge in [0.25, 0.3) is 0 Å². The van der Waals surface area contributed by atoms with Crippen LogP contribution in [-0.2, 0) is 20.7 Å². The van der Waals surface area contributed by atoms with Gasteiger partial charge in [-0.05, 0) is 106 Å². The Hall–Kier alpha value is -3.30. The van der Waals surface area contributed by atoms with Gasteiger partial charge in [-0.25, -0.2) is 4.98 Å². The average Bonchev–Trinajstić information content (AvgIpc) is 3.66. The quantitative estimate of drug-likeness (QED) is 0.160. The molecule has 0 spiro atoms. The first-order valence-electron chi connectivity index (χ1n) is 16.2. The molecule has 7 nitrogen and oxygen atoms in total. The van der Waals surface area contributed by atoms with Crippen LogP contribution in [0.5, 0.6) is 0 Å². The zero-order valence-corrected chi connectivity index (χ0v) is 27.3. The molecule has 2 aliphatic heterocycles. The number of thiazole rings is 1. The molecule has 232 valence electrons. The van der Waals surface area contributed by atoms with E-state index < -0.39 is 0 Å². The maximum absolute atomic E-state index is 12.7. The highest BCUT2D eigenvalue weighted by atomic mass is 35.5. The first-order chi connectivity index (χ1) is 22.0. The maximum atomic E-state index is 12.7. The highest BCUT2D eigenvalue weighted by Crippen LogP contribution is 2.44. The van der Waals surface area contributed by atoms with Crippen LogP contribution in [0.4, 0.5) is 0 Å². The van der Waals surface area contributed by atoms with Gasteiger partial charge in [0.05, 0.1) is 59.8 Å². The van der Waals surface area contributed by atoms with Crippen molar-refractivity contribution in [1.82, 2.24) is 19.7 Å². The van der Waals surface area contributed by atoms with E-state index in [2.05, 4.69) is 40.8 Å². The number of halogens is 1. The molecule has 4 heterocycles. The second-order valence-electron chi connectivity index (χ2n) is 12.7. The Bertz CT molecular complexity index is 1900. The average molecular weight is 641 g/mol. The zero-order valence-electron chi connectivity index (χ0n) is 25.7. The van der Waals surface area contributed by atoms with E-state index >= 15 is 0 Å². The predicted molar refractivity (Wildman–Crippen MR) is 180 cm³/mol. The molecule has 9 heteroatoms. The van der Waals surface area contributed by atoms with Crippen molar-refractivity contribution in [3.8, 4) is 21.7 Å². The second kappa shape index (κ2) is 11.8. The molecular weight excluding hydrogens is 604 g/mol. The van der Waals surface area contributed by atoms with Crippen molar-refractivity contribution < 1.29 is 14.3 Å². The van der Waals surface area contributed by atoms with Crippen LogP contribution in [0.25, 0.3) is 42.8 Å².